The Bertz CT molecular complexity index is 328. The van der Waals surface area contributed by atoms with Crippen molar-refractivity contribution in [2.24, 2.45) is 11.8 Å². The van der Waals surface area contributed by atoms with Crippen molar-refractivity contribution in [2.45, 2.75) is 71.9 Å². The number of ether oxygens (including phenoxy) is 1. The first-order valence-corrected chi connectivity index (χ1v) is 9.25. The monoisotopic (exact) mass is 310 g/mol. The summed E-state index contributed by atoms with van der Waals surface area (Å²) in [4.78, 5) is 5.31. The molecule has 1 aliphatic heterocycles. The van der Waals surface area contributed by atoms with E-state index in [9.17, 15) is 0 Å². The summed E-state index contributed by atoms with van der Waals surface area (Å²) in [5.74, 6) is 1.86. The third kappa shape index (κ3) is 5.82. The van der Waals surface area contributed by atoms with Crippen molar-refractivity contribution in [2.75, 3.05) is 39.3 Å². The van der Waals surface area contributed by atoms with E-state index in [2.05, 4.69) is 51.3 Å². The zero-order valence-electron chi connectivity index (χ0n) is 15.8. The van der Waals surface area contributed by atoms with E-state index in [1.807, 2.05) is 0 Å². The van der Waals surface area contributed by atoms with E-state index in [-0.39, 0.29) is 5.60 Å². The summed E-state index contributed by atoms with van der Waals surface area (Å²) < 4.78 is 5.85. The summed E-state index contributed by atoms with van der Waals surface area (Å²) in [6, 6.07) is 0. The Morgan fingerprint density at radius 1 is 0.864 bits per heavy atom. The van der Waals surface area contributed by atoms with Crippen molar-refractivity contribution >= 4 is 0 Å². The fourth-order valence-corrected chi connectivity index (χ4v) is 3.76. The van der Waals surface area contributed by atoms with Crippen LogP contribution in [0.1, 0.15) is 60.8 Å². The van der Waals surface area contributed by atoms with Crippen molar-refractivity contribution in [1.82, 2.24) is 9.80 Å². The molecular formula is C19H38N2O. The van der Waals surface area contributed by atoms with Crippen molar-refractivity contribution in [3.8, 4) is 0 Å². The quantitative estimate of drug-likeness (QED) is 0.771. The van der Waals surface area contributed by atoms with Crippen LogP contribution in [0.5, 0.6) is 0 Å². The summed E-state index contributed by atoms with van der Waals surface area (Å²) in [6.07, 6.45) is 4.10. The maximum absolute atomic E-state index is 5.85. The lowest BCUT2D eigenvalue weighted by atomic mass is 9.73. The van der Waals surface area contributed by atoms with Gasteiger partial charge in [0.25, 0.3) is 0 Å². The van der Waals surface area contributed by atoms with E-state index in [0.29, 0.717) is 5.54 Å². The molecule has 0 amide bonds. The molecule has 2 aliphatic rings. The molecule has 22 heavy (non-hydrogen) atoms. The Labute approximate surface area is 138 Å². The highest BCUT2D eigenvalue weighted by molar-refractivity contribution is 4.86. The van der Waals surface area contributed by atoms with Gasteiger partial charge in [-0.2, -0.15) is 0 Å². The first-order valence-electron chi connectivity index (χ1n) is 9.25. The SMILES string of the molecule is CC(C)(C)OCCC1CC(CN2CCN(C(C)(C)C)CC2)C1. The molecule has 0 spiro atoms. The van der Waals surface area contributed by atoms with Gasteiger partial charge in [0, 0.05) is 44.9 Å². The summed E-state index contributed by atoms with van der Waals surface area (Å²) in [5, 5.41) is 0. The van der Waals surface area contributed by atoms with Crippen LogP contribution >= 0.6 is 0 Å². The van der Waals surface area contributed by atoms with Crippen molar-refractivity contribution in [3.05, 3.63) is 0 Å². The highest BCUT2D eigenvalue weighted by atomic mass is 16.5. The molecule has 0 radical (unpaired) electrons. The second-order valence-electron chi connectivity index (χ2n) is 9.41. The van der Waals surface area contributed by atoms with Gasteiger partial charge in [-0.05, 0) is 72.6 Å². The minimum atomic E-state index is 0.0237. The third-order valence-corrected chi connectivity index (χ3v) is 5.23. The van der Waals surface area contributed by atoms with Crippen LogP contribution in [0.2, 0.25) is 0 Å². The van der Waals surface area contributed by atoms with E-state index in [1.165, 1.54) is 52.0 Å². The summed E-state index contributed by atoms with van der Waals surface area (Å²) in [7, 11) is 0. The predicted molar refractivity (Wildman–Crippen MR) is 94.3 cm³/mol. The van der Waals surface area contributed by atoms with Crippen LogP contribution in [0.4, 0.5) is 0 Å². The van der Waals surface area contributed by atoms with Crippen molar-refractivity contribution in [3.63, 3.8) is 0 Å². The van der Waals surface area contributed by atoms with Gasteiger partial charge in [-0.25, -0.2) is 0 Å². The van der Waals surface area contributed by atoms with E-state index >= 15 is 0 Å². The van der Waals surface area contributed by atoms with Gasteiger partial charge >= 0.3 is 0 Å². The van der Waals surface area contributed by atoms with E-state index < -0.39 is 0 Å². The normalized spacial score (nSPS) is 28.6. The smallest absolute Gasteiger partial charge is 0.0598 e. The Morgan fingerprint density at radius 3 is 1.95 bits per heavy atom. The number of hydrogen-bond donors (Lipinski definition) is 0. The van der Waals surface area contributed by atoms with Crippen LogP contribution < -0.4 is 0 Å². The number of rotatable bonds is 5. The number of hydrogen-bond acceptors (Lipinski definition) is 3. The third-order valence-electron chi connectivity index (χ3n) is 5.23. The molecule has 0 bridgehead atoms. The molecule has 3 nitrogen and oxygen atoms in total. The highest BCUT2D eigenvalue weighted by Crippen LogP contribution is 2.37. The Balaban J connectivity index is 1.55. The maximum atomic E-state index is 5.85. The molecule has 0 aromatic heterocycles. The standard InChI is InChI=1S/C19H38N2O/c1-18(2,3)21-10-8-20(9-11-21)15-17-13-16(14-17)7-12-22-19(4,5)6/h16-17H,7-15H2,1-6H3. The lowest BCUT2D eigenvalue weighted by Crippen LogP contribution is -2.54. The second kappa shape index (κ2) is 7.19. The molecule has 1 aliphatic carbocycles. The molecule has 1 heterocycles. The Morgan fingerprint density at radius 2 is 1.45 bits per heavy atom. The fourth-order valence-electron chi connectivity index (χ4n) is 3.76. The molecule has 2 fully saturated rings. The van der Waals surface area contributed by atoms with Crippen molar-refractivity contribution < 1.29 is 4.74 Å². The zero-order chi connectivity index (χ0) is 16.4. The van der Waals surface area contributed by atoms with Gasteiger partial charge < -0.3 is 9.64 Å². The molecule has 0 unspecified atom stereocenters. The molecule has 0 atom stereocenters. The average molecular weight is 311 g/mol. The summed E-state index contributed by atoms with van der Waals surface area (Å²) >= 11 is 0. The number of nitrogens with zero attached hydrogens (tertiary/aromatic N) is 2. The first kappa shape index (κ1) is 18.2. The van der Waals surface area contributed by atoms with Gasteiger partial charge in [-0.15, -0.1) is 0 Å². The molecule has 0 N–H and O–H groups in total. The maximum Gasteiger partial charge on any atom is 0.0598 e. The molecule has 0 aromatic rings. The van der Waals surface area contributed by atoms with Crippen LogP contribution in [0.25, 0.3) is 0 Å². The lowest BCUT2D eigenvalue weighted by Gasteiger charge is -2.45. The average Bonchev–Trinajstić information content (AvgIpc) is 2.33. The fraction of sp³-hybridized carbons (Fsp3) is 1.00. The van der Waals surface area contributed by atoms with Crippen molar-refractivity contribution in [1.29, 1.82) is 0 Å². The van der Waals surface area contributed by atoms with Gasteiger partial charge in [-0.1, -0.05) is 0 Å². The van der Waals surface area contributed by atoms with Crippen LogP contribution in [0.3, 0.4) is 0 Å². The summed E-state index contributed by atoms with van der Waals surface area (Å²) in [5.41, 5.74) is 0.358. The van der Waals surface area contributed by atoms with Gasteiger partial charge in [0.2, 0.25) is 0 Å². The topological polar surface area (TPSA) is 15.7 Å². The van der Waals surface area contributed by atoms with E-state index in [1.54, 1.807) is 0 Å². The molecule has 2 rings (SSSR count). The van der Waals surface area contributed by atoms with Gasteiger partial charge in [-0.3, -0.25) is 4.90 Å². The van der Waals surface area contributed by atoms with Crippen LogP contribution in [0, 0.1) is 11.8 Å². The minimum Gasteiger partial charge on any atom is -0.376 e. The molecule has 1 saturated heterocycles. The Hall–Kier alpha value is -0.120. The van der Waals surface area contributed by atoms with E-state index in [0.717, 1.165) is 18.4 Å². The highest BCUT2D eigenvalue weighted by Gasteiger charge is 2.32. The minimum absolute atomic E-state index is 0.0237. The largest absolute Gasteiger partial charge is 0.376 e. The lowest BCUT2D eigenvalue weighted by molar-refractivity contribution is -0.0207. The second-order valence-corrected chi connectivity index (χ2v) is 9.41. The predicted octanol–water partition coefficient (Wildman–Crippen LogP) is 3.63. The zero-order valence-corrected chi connectivity index (χ0v) is 15.8. The van der Waals surface area contributed by atoms with Crippen LogP contribution in [-0.4, -0.2) is 60.3 Å². The van der Waals surface area contributed by atoms with Crippen LogP contribution in [0.15, 0.2) is 0 Å². The van der Waals surface area contributed by atoms with Gasteiger partial charge in [0.1, 0.15) is 0 Å². The Kier molecular flexibility index (Phi) is 5.95. The molecule has 130 valence electrons. The van der Waals surface area contributed by atoms with E-state index in [4.69, 9.17) is 4.74 Å². The van der Waals surface area contributed by atoms with Crippen LogP contribution in [-0.2, 0) is 4.74 Å². The first-order chi connectivity index (χ1) is 10.1. The molecule has 3 heteroatoms. The number of piperazine rings is 1. The molecular weight excluding hydrogens is 272 g/mol. The van der Waals surface area contributed by atoms with Gasteiger partial charge in [0.05, 0.1) is 5.60 Å². The van der Waals surface area contributed by atoms with Gasteiger partial charge in [0.15, 0.2) is 0 Å². The molecule has 1 saturated carbocycles. The summed E-state index contributed by atoms with van der Waals surface area (Å²) in [6.45, 7) is 20.7. The molecule has 0 aromatic carbocycles.